The van der Waals surface area contributed by atoms with Gasteiger partial charge in [0.25, 0.3) is 11.8 Å². The van der Waals surface area contributed by atoms with E-state index in [0.29, 0.717) is 23.3 Å². The first-order valence-corrected chi connectivity index (χ1v) is 8.31. The third-order valence-corrected chi connectivity index (χ3v) is 4.12. The molecule has 0 aliphatic carbocycles. The lowest BCUT2D eigenvalue weighted by atomic mass is 10.1. The van der Waals surface area contributed by atoms with Gasteiger partial charge in [0.1, 0.15) is 5.75 Å². The van der Waals surface area contributed by atoms with Gasteiger partial charge in [0.2, 0.25) is 0 Å². The highest BCUT2D eigenvalue weighted by Gasteiger charge is 2.36. The maximum absolute atomic E-state index is 12.8. The number of para-hydroxylation sites is 1. The van der Waals surface area contributed by atoms with Crippen molar-refractivity contribution in [3.05, 3.63) is 65.7 Å². The standard InChI is InChI=1S/C20H19NO4/c1-2-8-18-20(24)21(13-16(22)14-9-4-3-5-10-14)19(23)15-11-6-7-12-17(15)25-18/h3-7,9-12,18H,2,8,13H2,1H3/t18-/m1/s1. The zero-order valence-corrected chi connectivity index (χ0v) is 14.0. The van der Waals surface area contributed by atoms with Crippen LogP contribution in [0.1, 0.15) is 40.5 Å². The van der Waals surface area contributed by atoms with Crippen molar-refractivity contribution in [3.8, 4) is 5.75 Å². The second-order valence-electron chi connectivity index (χ2n) is 5.91. The van der Waals surface area contributed by atoms with E-state index in [9.17, 15) is 14.4 Å². The largest absolute Gasteiger partial charge is 0.480 e. The monoisotopic (exact) mass is 337 g/mol. The lowest BCUT2D eigenvalue weighted by Gasteiger charge is -2.21. The highest BCUT2D eigenvalue weighted by atomic mass is 16.5. The highest BCUT2D eigenvalue weighted by molar-refractivity contribution is 6.12. The smallest absolute Gasteiger partial charge is 0.270 e. The molecule has 5 heteroatoms. The topological polar surface area (TPSA) is 63.7 Å². The molecule has 2 aromatic carbocycles. The van der Waals surface area contributed by atoms with Gasteiger partial charge in [-0.3, -0.25) is 19.3 Å². The molecule has 1 atom stereocenters. The van der Waals surface area contributed by atoms with Gasteiger partial charge in [-0.25, -0.2) is 0 Å². The third kappa shape index (κ3) is 3.45. The SMILES string of the molecule is CCC[C@H]1Oc2ccccc2C(=O)N(CC(=O)c2ccccc2)C1=O. The summed E-state index contributed by atoms with van der Waals surface area (Å²) in [6.07, 6.45) is 0.449. The molecule has 0 saturated heterocycles. The van der Waals surface area contributed by atoms with Crippen molar-refractivity contribution in [1.82, 2.24) is 4.90 Å². The van der Waals surface area contributed by atoms with E-state index in [1.165, 1.54) is 0 Å². The van der Waals surface area contributed by atoms with E-state index in [2.05, 4.69) is 0 Å². The highest BCUT2D eigenvalue weighted by Crippen LogP contribution is 2.27. The first-order valence-electron chi connectivity index (χ1n) is 8.31. The van der Waals surface area contributed by atoms with Gasteiger partial charge in [0, 0.05) is 5.56 Å². The van der Waals surface area contributed by atoms with Gasteiger partial charge < -0.3 is 4.74 Å². The Labute approximate surface area is 146 Å². The molecular formula is C20H19NO4. The van der Waals surface area contributed by atoms with Gasteiger partial charge in [0.05, 0.1) is 12.1 Å². The van der Waals surface area contributed by atoms with Crippen molar-refractivity contribution < 1.29 is 19.1 Å². The van der Waals surface area contributed by atoms with E-state index < -0.39 is 17.9 Å². The summed E-state index contributed by atoms with van der Waals surface area (Å²) in [6.45, 7) is 1.65. The summed E-state index contributed by atoms with van der Waals surface area (Å²) in [5.74, 6) is -0.860. The van der Waals surface area contributed by atoms with Crippen LogP contribution in [0.5, 0.6) is 5.75 Å². The van der Waals surface area contributed by atoms with Crippen LogP contribution in [-0.4, -0.2) is 35.1 Å². The van der Waals surface area contributed by atoms with Crippen LogP contribution in [0.2, 0.25) is 0 Å². The molecule has 0 radical (unpaired) electrons. The first kappa shape index (κ1) is 16.9. The number of benzene rings is 2. The van der Waals surface area contributed by atoms with Gasteiger partial charge in [-0.1, -0.05) is 55.8 Å². The van der Waals surface area contributed by atoms with Gasteiger partial charge in [-0.15, -0.1) is 0 Å². The second kappa shape index (κ2) is 7.30. The molecule has 1 aliphatic rings. The average molecular weight is 337 g/mol. The summed E-state index contributed by atoms with van der Waals surface area (Å²) in [7, 11) is 0. The summed E-state index contributed by atoms with van der Waals surface area (Å²) in [4.78, 5) is 39.2. The Bertz CT molecular complexity index is 800. The number of carbonyl (C=O) groups excluding carboxylic acids is 3. The van der Waals surface area contributed by atoms with Crippen molar-refractivity contribution >= 4 is 17.6 Å². The quantitative estimate of drug-likeness (QED) is 0.621. The maximum Gasteiger partial charge on any atom is 0.270 e. The number of fused-ring (bicyclic) bond motifs is 1. The molecule has 1 aliphatic heterocycles. The molecule has 0 bridgehead atoms. The summed E-state index contributed by atoms with van der Waals surface area (Å²) < 4.78 is 5.77. The van der Waals surface area contributed by atoms with Gasteiger partial charge in [0.15, 0.2) is 11.9 Å². The number of carbonyl (C=O) groups is 3. The second-order valence-corrected chi connectivity index (χ2v) is 5.91. The van der Waals surface area contributed by atoms with E-state index in [1.54, 1.807) is 54.6 Å². The minimum Gasteiger partial charge on any atom is -0.480 e. The van der Waals surface area contributed by atoms with Gasteiger partial charge >= 0.3 is 0 Å². The van der Waals surface area contributed by atoms with Crippen LogP contribution in [-0.2, 0) is 4.79 Å². The number of amides is 2. The maximum atomic E-state index is 12.8. The van der Waals surface area contributed by atoms with Crippen LogP contribution in [0.4, 0.5) is 0 Å². The molecule has 1 heterocycles. The fourth-order valence-electron chi connectivity index (χ4n) is 2.82. The molecule has 2 amide bonds. The van der Waals surface area contributed by atoms with Crippen LogP contribution < -0.4 is 4.74 Å². The van der Waals surface area contributed by atoms with E-state index in [1.807, 2.05) is 6.92 Å². The van der Waals surface area contributed by atoms with Crippen LogP contribution >= 0.6 is 0 Å². The molecule has 0 fully saturated rings. The molecule has 25 heavy (non-hydrogen) atoms. The summed E-state index contributed by atoms with van der Waals surface area (Å²) >= 11 is 0. The van der Waals surface area contributed by atoms with Gasteiger partial charge in [-0.2, -0.15) is 0 Å². The lowest BCUT2D eigenvalue weighted by molar-refractivity contribution is -0.135. The van der Waals surface area contributed by atoms with Crippen molar-refractivity contribution in [2.75, 3.05) is 6.54 Å². The Morgan fingerprint density at radius 2 is 1.72 bits per heavy atom. The Hall–Kier alpha value is -2.95. The number of rotatable bonds is 5. The van der Waals surface area contributed by atoms with Crippen molar-refractivity contribution in [1.29, 1.82) is 0 Å². The molecule has 2 aromatic rings. The minimum atomic E-state index is -0.763. The molecule has 0 aromatic heterocycles. The zero-order valence-electron chi connectivity index (χ0n) is 14.0. The number of ketones is 1. The van der Waals surface area contributed by atoms with E-state index >= 15 is 0 Å². The number of imide groups is 1. The van der Waals surface area contributed by atoms with E-state index in [4.69, 9.17) is 4.74 Å². The molecule has 0 unspecified atom stereocenters. The summed E-state index contributed by atoms with van der Waals surface area (Å²) in [5, 5.41) is 0. The van der Waals surface area contributed by atoms with Crippen LogP contribution in [0.15, 0.2) is 54.6 Å². The number of hydrogen-bond donors (Lipinski definition) is 0. The Kier molecular flexibility index (Phi) is 4.93. The fourth-order valence-corrected chi connectivity index (χ4v) is 2.82. The molecule has 5 nitrogen and oxygen atoms in total. The Morgan fingerprint density at radius 1 is 1.04 bits per heavy atom. The summed E-state index contributed by atoms with van der Waals surface area (Å²) in [5.41, 5.74) is 0.768. The van der Waals surface area contributed by atoms with Crippen molar-refractivity contribution in [2.24, 2.45) is 0 Å². The van der Waals surface area contributed by atoms with Crippen LogP contribution in [0.25, 0.3) is 0 Å². The van der Waals surface area contributed by atoms with Crippen molar-refractivity contribution in [2.45, 2.75) is 25.9 Å². The molecule has 3 rings (SSSR count). The molecular weight excluding hydrogens is 318 g/mol. The average Bonchev–Trinajstić information content (AvgIpc) is 2.74. The van der Waals surface area contributed by atoms with Gasteiger partial charge in [-0.05, 0) is 18.6 Å². The van der Waals surface area contributed by atoms with Crippen molar-refractivity contribution in [3.63, 3.8) is 0 Å². The fraction of sp³-hybridized carbons (Fsp3) is 0.250. The molecule has 0 saturated carbocycles. The number of nitrogens with zero attached hydrogens (tertiary/aromatic N) is 1. The van der Waals surface area contributed by atoms with E-state index in [0.717, 1.165) is 11.3 Å². The number of Topliss-reactive ketones (excluding diaryl/α,β-unsaturated/α-hetero) is 1. The normalized spacial score (nSPS) is 16.8. The Balaban J connectivity index is 1.94. The first-order chi connectivity index (χ1) is 12.1. The molecule has 0 spiro atoms. The van der Waals surface area contributed by atoms with E-state index in [-0.39, 0.29) is 12.3 Å². The lowest BCUT2D eigenvalue weighted by Crippen LogP contribution is -2.45. The zero-order chi connectivity index (χ0) is 17.8. The molecule has 0 N–H and O–H groups in total. The minimum absolute atomic E-state index is 0.281. The van der Waals surface area contributed by atoms with Crippen LogP contribution in [0.3, 0.4) is 0 Å². The third-order valence-electron chi connectivity index (χ3n) is 4.12. The number of ether oxygens (including phenoxy) is 1. The summed E-state index contributed by atoms with van der Waals surface area (Å²) in [6, 6.07) is 15.4. The predicted octanol–water partition coefficient (Wildman–Crippen LogP) is 3.10. The predicted molar refractivity (Wildman–Crippen MR) is 92.6 cm³/mol. The Morgan fingerprint density at radius 3 is 2.44 bits per heavy atom. The molecule has 128 valence electrons. The van der Waals surface area contributed by atoms with Crippen LogP contribution in [0, 0.1) is 0 Å². The number of hydrogen-bond acceptors (Lipinski definition) is 4.